The predicted octanol–water partition coefficient (Wildman–Crippen LogP) is 14.0. The molecule has 0 aliphatic carbocycles. The maximum absolute atomic E-state index is 13.9. The van der Waals surface area contributed by atoms with Crippen molar-refractivity contribution in [1.82, 2.24) is 0 Å². The lowest BCUT2D eigenvalue weighted by Gasteiger charge is -2.22. The van der Waals surface area contributed by atoms with Gasteiger partial charge in [-0.1, -0.05) is 66.7 Å². The number of nitrogens with one attached hydrogen (secondary N) is 2. The molecule has 0 saturated carbocycles. The molecule has 0 amide bonds. The topological polar surface area (TPSA) is 24.1 Å². The van der Waals surface area contributed by atoms with Gasteiger partial charge in [0.05, 0.1) is 39.3 Å². The summed E-state index contributed by atoms with van der Waals surface area (Å²) in [6, 6.07) is 22.6. The summed E-state index contributed by atoms with van der Waals surface area (Å²) in [6.07, 6.45) is -20.4. The molecule has 274 valence electrons. The van der Waals surface area contributed by atoms with Crippen LogP contribution in [0.1, 0.15) is 27.8 Å². The Morgan fingerprint density at radius 2 is 0.811 bits per heavy atom. The molecule has 0 atom stereocenters. The first kappa shape index (κ1) is 37.1. The molecule has 0 aliphatic heterocycles. The molecule has 2 N–H and O–H groups in total. The third-order valence-electron chi connectivity index (χ3n) is 8.45. The van der Waals surface area contributed by atoms with Gasteiger partial charge >= 0.3 is 24.7 Å². The standard InChI is InChI=1S/C39H24F12N2/c1-21-7-6-10-30(23-15-25(36(40,41)42)19-26(16-23)37(43,44)45)34(21)52-32-11-4-5-12-33(32)53-35-29-9-3-2-8-22(29)13-14-31(35)24-17-27(38(46,47)48)20-28(18-24)39(49,50)51/h2-20,52-53H,1H3. The van der Waals surface area contributed by atoms with Crippen molar-refractivity contribution in [2.75, 3.05) is 10.6 Å². The predicted molar refractivity (Wildman–Crippen MR) is 179 cm³/mol. The van der Waals surface area contributed by atoms with Crippen molar-refractivity contribution >= 4 is 33.5 Å². The van der Waals surface area contributed by atoms with Crippen LogP contribution in [0.4, 0.5) is 75.4 Å². The van der Waals surface area contributed by atoms with Crippen molar-refractivity contribution in [3.8, 4) is 22.3 Å². The molecule has 0 spiro atoms. The number of hydrogen-bond donors (Lipinski definition) is 2. The summed E-state index contributed by atoms with van der Waals surface area (Å²) in [5, 5.41) is 7.22. The molecule has 6 aromatic carbocycles. The van der Waals surface area contributed by atoms with E-state index in [1.54, 1.807) is 49.4 Å². The average molecular weight is 749 g/mol. The molecular formula is C39H24F12N2. The van der Waals surface area contributed by atoms with Crippen molar-refractivity contribution < 1.29 is 52.7 Å². The summed E-state index contributed by atoms with van der Waals surface area (Å²) >= 11 is 0. The highest BCUT2D eigenvalue weighted by Crippen LogP contribution is 2.45. The minimum absolute atomic E-state index is 0.00843. The summed E-state index contributed by atoms with van der Waals surface area (Å²) in [5.41, 5.74) is -5.71. The number of benzene rings is 6. The number of alkyl halides is 12. The van der Waals surface area contributed by atoms with Crippen LogP contribution >= 0.6 is 0 Å². The monoisotopic (exact) mass is 748 g/mol. The molecule has 0 heterocycles. The largest absolute Gasteiger partial charge is 0.416 e. The van der Waals surface area contributed by atoms with E-state index in [9.17, 15) is 52.7 Å². The van der Waals surface area contributed by atoms with Crippen molar-refractivity contribution in [2.45, 2.75) is 31.6 Å². The number of anilines is 4. The number of fused-ring (bicyclic) bond motifs is 1. The van der Waals surface area contributed by atoms with E-state index < -0.39 is 52.5 Å². The lowest BCUT2D eigenvalue weighted by Crippen LogP contribution is -2.11. The average Bonchev–Trinajstić information content (AvgIpc) is 3.08. The Kier molecular flexibility index (Phi) is 9.38. The van der Waals surface area contributed by atoms with Crippen LogP contribution < -0.4 is 10.6 Å². The summed E-state index contributed by atoms with van der Waals surface area (Å²) in [6.45, 7) is 1.58. The maximum atomic E-state index is 13.9. The van der Waals surface area contributed by atoms with Gasteiger partial charge in [-0.25, -0.2) is 0 Å². The van der Waals surface area contributed by atoms with Gasteiger partial charge in [0.1, 0.15) is 0 Å². The molecule has 6 rings (SSSR count). The van der Waals surface area contributed by atoms with E-state index in [0.717, 1.165) is 0 Å². The molecule has 53 heavy (non-hydrogen) atoms. The molecule has 0 unspecified atom stereocenters. The first-order valence-electron chi connectivity index (χ1n) is 15.5. The van der Waals surface area contributed by atoms with E-state index in [-0.39, 0.29) is 51.6 Å². The van der Waals surface area contributed by atoms with Crippen molar-refractivity contribution in [1.29, 1.82) is 0 Å². The van der Waals surface area contributed by atoms with Crippen LogP contribution in [0.3, 0.4) is 0 Å². The van der Waals surface area contributed by atoms with Gasteiger partial charge in [0.25, 0.3) is 0 Å². The molecule has 0 saturated heterocycles. The van der Waals surface area contributed by atoms with Crippen molar-refractivity contribution in [3.63, 3.8) is 0 Å². The summed E-state index contributed by atoms with van der Waals surface area (Å²) in [5.74, 6) is 0. The fourth-order valence-electron chi connectivity index (χ4n) is 5.91. The maximum Gasteiger partial charge on any atom is 0.416 e. The molecule has 0 bridgehead atoms. The zero-order valence-electron chi connectivity index (χ0n) is 27.0. The van der Waals surface area contributed by atoms with Crippen LogP contribution in [0.15, 0.2) is 115 Å². The molecule has 14 heteroatoms. The van der Waals surface area contributed by atoms with Gasteiger partial charge in [-0.3, -0.25) is 0 Å². The Labute approximate surface area is 293 Å². The van der Waals surface area contributed by atoms with Gasteiger partial charge in [-0.2, -0.15) is 52.7 Å². The van der Waals surface area contributed by atoms with E-state index >= 15 is 0 Å². The van der Waals surface area contributed by atoms with Crippen molar-refractivity contribution in [2.24, 2.45) is 0 Å². The van der Waals surface area contributed by atoms with Gasteiger partial charge in [0, 0.05) is 22.2 Å². The van der Waals surface area contributed by atoms with Gasteiger partial charge in [-0.15, -0.1) is 0 Å². The highest BCUT2D eigenvalue weighted by atomic mass is 19.4. The Morgan fingerprint density at radius 1 is 0.396 bits per heavy atom. The molecule has 6 aromatic rings. The number of halogens is 12. The molecule has 0 aliphatic rings. The number of para-hydroxylation sites is 3. The summed E-state index contributed by atoms with van der Waals surface area (Å²) < 4.78 is 166. The quantitative estimate of drug-likeness (QED) is 0.166. The fraction of sp³-hybridized carbons (Fsp3) is 0.128. The second-order valence-corrected chi connectivity index (χ2v) is 12.1. The summed E-state index contributed by atoms with van der Waals surface area (Å²) in [4.78, 5) is 0. The first-order chi connectivity index (χ1) is 24.7. The Morgan fingerprint density at radius 3 is 1.28 bits per heavy atom. The van der Waals surface area contributed by atoms with Crippen LogP contribution in [-0.4, -0.2) is 0 Å². The Hall–Kier alpha value is -5.66. The second kappa shape index (κ2) is 13.4. The highest BCUT2D eigenvalue weighted by Gasteiger charge is 2.38. The zero-order chi connectivity index (χ0) is 38.5. The molecule has 2 nitrogen and oxygen atoms in total. The zero-order valence-corrected chi connectivity index (χ0v) is 27.0. The number of hydrogen-bond acceptors (Lipinski definition) is 2. The minimum Gasteiger partial charge on any atom is -0.353 e. The minimum atomic E-state index is -5.11. The SMILES string of the molecule is Cc1cccc(-c2cc(C(F)(F)F)cc(C(F)(F)F)c2)c1Nc1ccccc1Nc1c(-c2cc(C(F)(F)F)cc(C(F)(F)F)c2)ccc2ccccc12. The van der Waals surface area contributed by atoms with Crippen LogP contribution in [0.2, 0.25) is 0 Å². The third-order valence-corrected chi connectivity index (χ3v) is 8.45. The van der Waals surface area contributed by atoms with Gasteiger partial charge in [0.15, 0.2) is 0 Å². The van der Waals surface area contributed by atoms with Crippen LogP contribution in [0, 0.1) is 6.92 Å². The molecule has 0 aromatic heterocycles. The van der Waals surface area contributed by atoms with Gasteiger partial charge < -0.3 is 10.6 Å². The van der Waals surface area contributed by atoms with E-state index in [4.69, 9.17) is 0 Å². The fourth-order valence-corrected chi connectivity index (χ4v) is 5.91. The van der Waals surface area contributed by atoms with Gasteiger partial charge in [0.2, 0.25) is 0 Å². The van der Waals surface area contributed by atoms with E-state index in [0.29, 0.717) is 40.6 Å². The van der Waals surface area contributed by atoms with Crippen molar-refractivity contribution in [3.05, 3.63) is 143 Å². The smallest absolute Gasteiger partial charge is 0.353 e. The number of aryl methyl sites for hydroxylation is 1. The molecular weight excluding hydrogens is 724 g/mol. The summed E-state index contributed by atoms with van der Waals surface area (Å²) in [7, 11) is 0. The van der Waals surface area contributed by atoms with Gasteiger partial charge in [-0.05, 0) is 77.5 Å². The van der Waals surface area contributed by atoms with E-state index in [1.165, 1.54) is 36.4 Å². The van der Waals surface area contributed by atoms with Crippen LogP contribution in [-0.2, 0) is 24.7 Å². The lowest BCUT2D eigenvalue weighted by molar-refractivity contribution is -0.144. The second-order valence-electron chi connectivity index (χ2n) is 12.1. The Bertz CT molecular complexity index is 2250. The molecule has 0 radical (unpaired) electrons. The highest BCUT2D eigenvalue weighted by molar-refractivity contribution is 6.04. The Balaban J connectivity index is 1.50. The third kappa shape index (κ3) is 7.91. The lowest BCUT2D eigenvalue weighted by atomic mass is 9.94. The van der Waals surface area contributed by atoms with E-state index in [2.05, 4.69) is 10.6 Å². The van der Waals surface area contributed by atoms with E-state index in [1.807, 2.05) is 0 Å². The number of rotatable bonds is 6. The van der Waals surface area contributed by atoms with Crippen LogP contribution in [0.5, 0.6) is 0 Å². The first-order valence-corrected chi connectivity index (χ1v) is 15.5. The molecule has 0 fully saturated rings. The normalized spacial score (nSPS) is 12.6. The van der Waals surface area contributed by atoms with Crippen LogP contribution in [0.25, 0.3) is 33.0 Å².